The fourth-order valence-corrected chi connectivity index (χ4v) is 2.00. The van der Waals surface area contributed by atoms with Crippen LogP contribution in [-0.2, 0) is 9.53 Å². The van der Waals surface area contributed by atoms with Gasteiger partial charge in [-0.15, -0.1) is 0 Å². The number of nitrogens with zero attached hydrogens (tertiary/aromatic N) is 1. The monoisotopic (exact) mass is 305 g/mol. The van der Waals surface area contributed by atoms with Crippen molar-refractivity contribution in [3.05, 3.63) is 48.2 Å². The molecular weight excluding hydrogens is 274 g/mol. The fourth-order valence-electron chi connectivity index (χ4n) is 2.00. The lowest BCUT2D eigenvalue weighted by atomic mass is 10.0. The first-order valence-corrected chi connectivity index (χ1v) is 7.90. The molecule has 0 aromatic carbocycles. The molecule has 1 atom stereocenters. The maximum absolute atomic E-state index is 11.3. The molecule has 0 radical (unpaired) electrons. The predicted octanol–water partition coefficient (Wildman–Crippen LogP) is 4.49. The van der Waals surface area contributed by atoms with Gasteiger partial charge in [-0.1, -0.05) is 42.5 Å². The molecule has 0 spiro atoms. The zero-order chi connectivity index (χ0) is 16.8. The van der Waals surface area contributed by atoms with E-state index in [0.29, 0.717) is 12.5 Å². The summed E-state index contributed by atoms with van der Waals surface area (Å²) in [6, 6.07) is 0. The molecule has 0 aromatic heterocycles. The number of ether oxygens (including phenoxy) is 1. The minimum Gasteiger partial charge on any atom is -0.468 e. The Morgan fingerprint density at radius 1 is 1.18 bits per heavy atom. The van der Waals surface area contributed by atoms with Gasteiger partial charge in [-0.25, -0.2) is 0 Å². The number of hydrogen-bond donors (Lipinski definition) is 0. The van der Waals surface area contributed by atoms with Gasteiger partial charge >= 0.3 is 5.97 Å². The summed E-state index contributed by atoms with van der Waals surface area (Å²) in [6.45, 7) is 6.41. The molecule has 124 valence electrons. The zero-order valence-corrected chi connectivity index (χ0v) is 14.7. The lowest BCUT2D eigenvalue weighted by molar-refractivity contribution is -0.141. The summed E-state index contributed by atoms with van der Waals surface area (Å²) in [5.41, 5.74) is 1.10. The van der Waals surface area contributed by atoms with Crippen LogP contribution in [0.25, 0.3) is 0 Å². The fraction of sp³-hybridized carbons (Fsp3) is 0.526. The van der Waals surface area contributed by atoms with E-state index in [0.717, 1.165) is 25.0 Å². The van der Waals surface area contributed by atoms with Crippen molar-refractivity contribution in [2.75, 3.05) is 20.7 Å². The standard InChI is InChI=1S/C19H31NO2/c1-6-8-9-10-14-18(12-7-2)15-11-13-17(3)20(4)16-19(21)22-5/h6-8,10,12-14,18H,9,11,15-16H2,1-5H3/b8-6+,12-7-,14-10+,17-13+. The van der Waals surface area contributed by atoms with Gasteiger partial charge in [0.05, 0.1) is 7.11 Å². The van der Waals surface area contributed by atoms with Crippen molar-refractivity contribution in [1.29, 1.82) is 0 Å². The number of hydrogen-bond acceptors (Lipinski definition) is 3. The number of carbonyl (C=O) groups is 1. The normalized spacial score (nSPS) is 14.1. The molecule has 3 nitrogen and oxygen atoms in total. The van der Waals surface area contributed by atoms with Gasteiger partial charge in [0.1, 0.15) is 6.54 Å². The summed E-state index contributed by atoms with van der Waals surface area (Å²) in [5.74, 6) is 0.249. The molecule has 3 heteroatoms. The van der Waals surface area contributed by atoms with E-state index in [9.17, 15) is 4.79 Å². The van der Waals surface area contributed by atoms with Crippen molar-refractivity contribution in [3.8, 4) is 0 Å². The van der Waals surface area contributed by atoms with Gasteiger partial charge in [0.15, 0.2) is 0 Å². The molecule has 22 heavy (non-hydrogen) atoms. The van der Waals surface area contributed by atoms with E-state index in [1.165, 1.54) is 7.11 Å². The highest BCUT2D eigenvalue weighted by Gasteiger charge is 2.06. The van der Waals surface area contributed by atoms with E-state index in [2.05, 4.69) is 54.2 Å². The van der Waals surface area contributed by atoms with Crippen LogP contribution in [0, 0.1) is 5.92 Å². The number of allylic oxidation sites excluding steroid dienone is 8. The molecular formula is C19H31NO2. The highest BCUT2D eigenvalue weighted by molar-refractivity contribution is 5.71. The molecule has 0 saturated heterocycles. The van der Waals surface area contributed by atoms with Gasteiger partial charge in [0.2, 0.25) is 0 Å². The zero-order valence-electron chi connectivity index (χ0n) is 14.7. The third kappa shape index (κ3) is 10.0. The quantitative estimate of drug-likeness (QED) is 0.440. The van der Waals surface area contributed by atoms with E-state index >= 15 is 0 Å². The van der Waals surface area contributed by atoms with Crippen molar-refractivity contribution in [2.45, 2.75) is 40.0 Å². The first-order chi connectivity index (χ1) is 10.5. The van der Waals surface area contributed by atoms with Crippen LogP contribution >= 0.6 is 0 Å². The molecule has 0 bridgehead atoms. The van der Waals surface area contributed by atoms with Crippen molar-refractivity contribution >= 4 is 5.97 Å². The molecule has 0 aromatic rings. The van der Waals surface area contributed by atoms with Crippen molar-refractivity contribution in [3.63, 3.8) is 0 Å². The summed E-state index contributed by atoms with van der Waals surface area (Å²) < 4.78 is 4.68. The highest BCUT2D eigenvalue weighted by atomic mass is 16.5. The summed E-state index contributed by atoms with van der Waals surface area (Å²) in [5, 5.41) is 0. The molecule has 1 unspecified atom stereocenters. The van der Waals surface area contributed by atoms with Crippen LogP contribution in [0.2, 0.25) is 0 Å². The second-order valence-corrected chi connectivity index (χ2v) is 5.28. The molecule has 0 heterocycles. The van der Waals surface area contributed by atoms with Crippen LogP contribution in [0.15, 0.2) is 48.2 Å². The van der Waals surface area contributed by atoms with Gasteiger partial charge in [0.25, 0.3) is 0 Å². The van der Waals surface area contributed by atoms with Crippen LogP contribution in [0.1, 0.15) is 40.0 Å². The maximum Gasteiger partial charge on any atom is 0.325 e. The van der Waals surface area contributed by atoms with E-state index < -0.39 is 0 Å². The van der Waals surface area contributed by atoms with Crippen molar-refractivity contribution < 1.29 is 9.53 Å². The number of esters is 1. The van der Waals surface area contributed by atoms with Gasteiger partial charge in [-0.05, 0) is 46.0 Å². The average molecular weight is 305 g/mol. The lowest BCUT2D eigenvalue weighted by Gasteiger charge is -2.18. The second-order valence-electron chi connectivity index (χ2n) is 5.28. The topological polar surface area (TPSA) is 29.5 Å². The van der Waals surface area contributed by atoms with Crippen LogP contribution in [0.3, 0.4) is 0 Å². The Kier molecular flexibility index (Phi) is 11.9. The summed E-state index contributed by atoms with van der Waals surface area (Å²) in [6.07, 6.45) is 18.2. The smallest absolute Gasteiger partial charge is 0.325 e. The molecule has 0 aliphatic carbocycles. The number of methoxy groups -OCH3 is 1. The van der Waals surface area contributed by atoms with Gasteiger partial charge in [-0.3, -0.25) is 4.79 Å². The highest BCUT2D eigenvalue weighted by Crippen LogP contribution is 2.13. The Bertz CT molecular complexity index is 419. The Morgan fingerprint density at radius 3 is 2.50 bits per heavy atom. The van der Waals surface area contributed by atoms with Gasteiger partial charge in [-0.2, -0.15) is 0 Å². The molecule has 0 aliphatic heterocycles. The number of rotatable bonds is 10. The Hall–Kier alpha value is -1.77. The Morgan fingerprint density at radius 2 is 1.91 bits per heavy atom. The molecule has 0 amide bonds. The third-order valence-electron chi connectivity index (χ3n) is 3.47. The second kappa shape index (κ2) is 12.9. The first-order valence-electron chi connectivity index (χ1n) is 7.90. The van der Waals surface area contributed by atoms with Crippen molar-refractivity contribution in [2.24, 2.45) is 5.92 Å². The lowest BCUT2D eigenvalue weighted by Crippen LogP contribution is -2.25. The van der Waals surface area contributed by atoms with E-state index in [1.807, 2.05) is 25.8 Å². The minimum atomic E-state index is -0.214. The Balaban J connectivity index is 4.37. The molecule has 0 saturated carbocycles. The van der Waals surface area contributed by atoms with Crippen LogP contribution in [0.4, 0.5) is 0 Å². The molecule has 0 rings (SSSR count). The molecule has 0 aliphatic rings. The summed E-state index contributed by atoms with van der Waals surface area (Å²) >= 11 is 0. The number of likely N-dealkylation sites (N-methyl/N-ethyl adjacent to an activating group) is 1. The molecule has 0 N–H and O–H groups in total. The summed E-state index contributed by atoms with van der Waals surface area (Å²) in [7, 11) is 3.32. The largest absolute Gasteiger partial charge is 0.468 e. The predicted molar refractivity (Wildman–Crippen MR) is 94.5 cm³/mol. The Labute approximate surface area is 136 Å². The van der Waals surface area contributed by atoms with Crippen LogP contribution in [-0.4, -0.2) is 31.6 Å². The maximum atomic E-state index is 11.3. The van der Waals surface area contributed by atoms with Crippen molar-refractivity contribution in [1.82, 2.24) is 4.90 Å². The van der Waals surface area contributed by atoms with Gasteiger partial charge in [0, 0.05) is 12.7 Å². The van der Waals surface area contributed by atoms with Crippen LogP contribution < -0.4 is 0 Å². The van der Waals surface area contributed by atoms with E-state index in [-0.39, 0.29) is 5.97 Å². The number of carbonyl (C=O) groups excluding carboxylic acids is 1. The molecule has 0 fully saturated rings. The average Bonchev–Trinajstić information content (AvgIpc) is 2.50. The summed E-state index contributed by atoms with van der Waals surface area (Å²) in [4.78, 5) is 13.2. The first kappa shape index (κ1) is 20.2. The van der Waals surface area contributed by atoms with E-state index in [4.69, 9.17) is 0 Å². The van der Waals surface area contributed by atoms with E-state index in [1.54, 1.807) is 0 Å². The third-order valence-corrected chi connectivity index (χ3v) is 3.47. The SMILES string of the molecule is C/C=C\C(/C=C/C/C=C/C)CC/C=C(\C)N(C)CC(=O)OC. The van der Waals surface area contributed by atoms with Crippen LogP contribution in [0.5, 0.6) is 0 Å². The van der Waals surface area contributed by atoms with Gasteiger partial charge < -0.3 is 9.64 Å². The minimum absolute atomic E-state index is 0.214.